The molecule has 0 aliphatic rings. The Morgan fingerprint density at radius 3 is 2.62 bits per heavy atom. The lowest BCUT2D eigenvalue weighted by Gasteiger charge is -2.21. The first-order valence-corrected chi connectivity index (χ1v) is 5.58. The smallest absolute Gasteiger partial charge is 0.252 e. The zero-order chi connectivity index (χ0) is 12.2. The van der Waals surface area contributed by atoms with Crippen LogP contribution in [0.15, 0.2) is 29.2 Å². The molecule has 0 aromatic heterocycles. The molecule has 1 amide bonds. The van der Waals surface area contributed by atoms with Gasteiger partial charge in [-0.15, -0.1) is 12.6 Å². The quantitative estimate of drug-likeness (QED) is 0.701. The maximum Gasteiger partial charge on any atom is 0.252 e. The molecule has 0 unspecified atom stereocenters. The van der Waals surface area contributed by atoms with Crippen LogP contribution in [0, 0.1) is 5.41 Å². The first-order valence-electron chi connectivity index (χ1n) is 5.13. The summed E-state index contributed by atoms with van der Waals surface area (Å²) in [5.74, 6) is -0.160. The summed E-state index contributed by atoms with van der Waals surface area (Å²) in [7, 11) is 0. The fourth-order valence-corrected chi connectivity index (χ4v) is 1.40. The molecule has 4 heteroatoms. The van der Waals surface area contributed by atoms with Crippen molar-refractivity contribution >= 4 is 18.5 Å². The van der Waals surface area contributed by atoms with Crippen molar-refractivity contribution in [2.24, 2.45) is 5.41 Å². The van der Waals surface area contributed by atoms with Crippen LogP contribution in [0.3, 0.4) is 0 Å². The zero-order valence-corrected chi connectivity index (χ0v) is 10.4. The van der Waals surface area contributed by atoms with Crippen molar-refractivity contribution in [2.45, 2.75) is 18.7 Å². The van der Waals surface area contributed by atoms with Gasteiger partial charge in [0.25, 0.3) is 5.91 Å². The largest absolute Gasteiger partial charge is 0.396 e. The Hall–Kier alpha value is -1.00. The molecule has 88 valence electrons. The van der Waals surface area contributed by atoms with Gasteiger partial charge in [-0.25, -0.2) is 0 Å². The van der Waals surface area contributed by atoms with Gasteiger partial charge in [-0.1, -0.05) is 26.0 Å². The highest BCUT2D eigenvalue weighted by Gasteiger charge is 2.18. The van der Waals surface area contributed by atoms with E-state index in [-0.39, 0.29) is 17.9 Å². The van der Waals surface area contributed by atoms with E-state index >= 15 is 0 Å². The Morgan fingerprint density at radius 1 is 1.44 bits per heavy atom. The van der Waals surface area contributed by atoms with E-state index in [0.29, 0.717) is 17.0 Å². The van der Waals surface area contributed by atoms with Gasteiger partial charge in [0.15, 0.2) is 0 Å². The summed E-state index contributed by atoms with van der Waals surface area (Å²) >= 11 is 4.22. The first-order chi connectivity index (χ1) is 7.46. The summed E-state index contributed by atoms with van der Waals surface area (Å²) in [5.41, 5.74) is 0.251. The minimum absolute atomic E-state index is 0.0375. The number of amides is 1. The summed E-state index contributed by atoms with van der Waals surface area (Å²) in [6.07, 6.45) is 0. The number of thiol groups is 1. The Kier molecular flexibility index (Phi) is 4.38. The molecule has 2 N–H and O–H groups in total. The van der Waals surface area contributed by atoms with E-state index < -0.39 is 0 Å². The van der Waals surface area contributed by atoms with Crippen molar-refractivity contribution in [2.75, 3.05) is 13.2 Å². The van der Waals surface area contributed by atoms with Gasteiger partial charge in [0.1, 0.15) is 0 Å². The monoisotopic (exact) mass is 239 g/mol. The number of carbonyl (C=O) groups excluding carboxylic acids is 1. The van der Waals surface area contributed by atoms with E-state index in [1.807, 2.05) is 19.9 Å². The molecule has 0 atom stereocenters. The molecular formula is C12H17NO2S. The first kappa shape index (κ1) is 13.1. The molecule has 0 saturated heterocycles. The molecule has 1 rings (SSSR count). The molecule has 0 aliphatic carbocycles. The number of benzene rings is 1. The number of carbonyl (C=O) groups is 1. The summed E-state index contributed by atoms with van der Waals surface area (Å²) in [5, 5.41) is 11.8. The topological polar surface area (TPSA) is 49.3 Å². The highest BCUT2D eigenvalue weighted by molar-refractivity contribution is 7.80. The second kappa shape index (κ2) is 5.37. The molecule has 0 bridgehead atoms. The van der Waals surface area contributed by atoms with Gasteiger partial charge >= 0.3 is 0 Å². The Bertz CT molecular complexity index is 377. The van der Waals surface area contributed by atoms with Gasteiger partial charge in [0.05, 0.1) is 5.56 Å². The SMILES string of the molecule is CC(C)(CO)CNC(=O)c1ccccc1S. The lowest BCUT2D eigenvalue weighted by Crippen LogP contribution is -2.36. The van der Waals surface area contributed by atoms with Gasteiger partial charge < -0.3 is 10.4 Å². The van der Waals surface area contributed by atoms with Crippen LogP contribution in [-0.2, 0) is 0 Å². The maximum absolute atomic E-state index is 11.8. The number of rotatable bonds is 4. The van der Waals surface area contributed by atoms with E-state index in [1.54, 1.807) is 18.2 Å². The molecule has 1 aromatic carbocycles. The Morgan fingerprint density at radius 2 is 2.06 bits per heavy atom. The highest BCUT2D eigenvalue weighted by Crippen LogP contribution is 2.15. The van der Waals surface area contributed by atoms with E-state index in [0.717, 1.165) is 0 Å². The molecule has 0 radical (unpaired) electrons. The summed E-state index contributed by atoms with van der Waals surface area (Å²) in [4.78, 5) is 12.4. The minimum Gasteiger partial charge on any atom is -0.396 e. The van der Waals surface area contributed by atoms with Crippen molar-refractivity contribution in [1.29, 1.82) is 0 Å². The van der Waals surface area contributed by atoms with Crippen LogP contribution in [0.2, 0.25) is 0 Å². The van der Waals surface area contributed by atoms with Crippen LogP contribution in [-0.4, -0.2) is 24.2 Å². The van der Waals surface area contributed by atoms with Gasteiger partial charge in [0, 0.05) is 23.5 Å². The third kappa shape index (κ3) is 3.54. The lowest BCUT2D eigenvalue weighted by molar-refractivity contribution is 0.0908. The van der Waals surface area contributed by atoms with E-state index in [1.165, 1.54) is 0 Å². The molecule has 0 saturated carbocycles. The average Bonchev–Trinajstić information content (AvgIpc) is 2.27. The maximum atomic E-state index is 11.8. The molecule has 0 spiro atoms. The van der Waals surface area contributed by atoms with Crippen molar-refractivity contribution in [3.8, 4) is 0 Å². The predicted molar refractivity (Wildman–Crippen MR) is 66.9 cm³/mol. The van der Waals surface area contributed by atoms with Gasteiger partial charge in [-0.2, -0.15) is 0 Å². The number of aliphatic hydroxyl groups is 1. The molecule has 1 aromatic rings. The van der Waals surface area contributed by atoms with Crippen molar-refractivity contribution in [1.82, 2.24) is 5.32 Å². The predicted octanol–water partition coefficient (Wildman–Crippen LogP) is 1.72. The normalized spacial score (nSPS) is 11.2. The molecule has 0 aliphatic heterocycles. The van der Waals surface area contributed by atoms with Crippen molar-refractivity contribution in [3.05, 3.63) is 29.8 Å². The zero-order valence-electron chi connectivity index (χ0n) is 9.53. The lowest BCUT2D eigenvalue weighted by atomic mass is 9.95. The molecule has 3 nitrogen and oxygen atoms in total. The van der Waals surface area contributed by atoms with Crippen LogP contribution in [0.5, 0.6) is 0 Å². The summed E-state index contributed by atoms with van der Waals surface area (Å²) in [6, 6.07) is 7.13. The molecule has 0 heterocycles. The Balaban J connectivity index is 2.64. The molecule has 16 heavy (non-hydrogen) atoms. The minimum atomic E-state index is -0.304. The van der Waals surface area contributed by atoms with Gasteiger partial charge in [0.2, 0.25) is 0 Å². The van der Waals surface area contributed by atoms with E-state index in [2.05, 4.69) is 17.9 Å². The standard InChI is InChI=1S/C12H17NO2S/c1-12(2,8-14)7-13-11(15)9-5-3-4-6-10(9)16/h3-6,14,16H,7-8H2,1-2H3,(H,13,15). The number of nitrogens with one attached hydrogen (secondary N) is 1. The fraction of sp³-hybridized carbons (Fsp3) is 0.417. The fourth-order valence-electron chi connectivity index (χ4n) is 1.14. The van der Waals surface area contributed by atoms with Crippen LogP contribution >= 0.6 is 12.6 Å². The van der Waals surface area contributed by atoms with E-state index in [4.69, 9.17) is 5.11 Å². The number of hydrogen-bond donors (Lipinski definition) is 3. The van der Waals surface area contributed by atoms with Crippen molar-refractivity contribution < 1.29 is 9.90 Å². The van der Waals surface area contributed by atoms with Crippen LogP contribution < -0.4 is 5.32 Å². The Labute approximate surface area is 101 Å². The van der Waals surface area contributed by atoms with Gasteiger partial charge in [-0.05, 0) is 12.1 Å². The summed E-state index contributed by atoms with van der Waals surface area (Å²) < 4.78 is 0. The number of aliphatic hydroxyl groups excluding tert-OH is 1. The second-order valence-electron chi connectivity index (χ2n) is 4.52. The molecule has 0 fully saturated rings. The number of hydrogen-bond acceptors (Lipinski definition) is 3. The third-order valence-corrected chi connectivity index (χ3v) is 2.69. The average molecular weight is 239 g/mol. The van der Waals surface area contributed by atoms with Gasteiger partial charge in [-0.3, -0.25) is 4.79 Å². The molecular weight excluding hydrogens is 222 g/mol. The second-order valence-corrected chi connectivity index (χ2v) is 5.00. The van der Waals surface area contributed by atoms with E-state index in [9.17, 15) is 4.79 Å². The van der Waals surface area contributed by atoms with Crippen LogP contribution in [0.1, 0.15) is 24.2 Å². The highest BCUT2D eigenvalue weighted by atomic mass is 32.1. The third-order valence-electron chi connectivity index (χ3n) is 2.30. The van der Waals surface area contributed by atoms with Crippen LogP contribution in [0.25, 0.3) is 0 Å². The van der Waals surface area contributed by atoms with Crippen molar-refractivity contribution in [3.63, 3.8) is 0 Å². The summed E-state index contributed by atoms with van der Waals surface area (Å²) in [6.45, 7) is 4.25. The van der Waals surface area contributed by atoms with Crippen LogP contribution in [0.4, 0.5) is 0 Å².